The number of ketones is 1. The molecule has 2 nitrogen and oxygen atoms in total. The van der Waals surface area contributed by atoms with Crippen LogP contribution in [0.4, 0.5) is 8.78 Å². The summed E-state index contributed by atoms with van der Waals surface area (Å²) in [5.41, 5.74) is 3.70. The fraction of sp³-hybridized carbons (Fsp3) is 0.192. The van der Waals surface area contributed by atoms with Gasteiger partial charge in [-0.1, -0.05) is 55.0 Å². The number of fused-ring (bicyclic) bond motifs is 1. The van der Waals surface area contributed by atoms with E-state index in [0.717, 1.165) is 16.5 Å². The Bertz CT molecular complexity index is 1240. The van der Waals surface area contributed by atoms with E-state index in [4.69, 9.17) is 0 Å². The molecule has 0 saturated carbocycles. The predicted molar refractivity (Wildman–Crippen MR) is 117 cm³/mol. The molecule has 0 aliphatic rings. The molecule has 0 fully saturated rings. The zero-order valence-corrected chi connectivity index (χ0v) is 17.1. The molecule has 0 bridgehead atoms. The number of hydrogen-bond donors (Lipinski definition) is 0. The third-order valence-corrected chi connectivity index (χ3v) is 5.39. The molecule has 0 saturated heterocycles. The average molecular weight is 403 g/mol. The molecule has 0 atom stereocenters. The van der Waals surface area contributed by atoms with Crippen LogP contribution in [0.2, 0.25) is 0 Å². The SMILES string of the molecule is CCCC(=O)c1c(-c2ccccc2F)c2cc(C)ccc2n1Cc1ccccc1F. The number of nitrogens with zero attached hydrogens (tertiary/aromatic N) is 1. The van der Waals surface area contributed by atoms with Gasteiger partial charge in [-0.05, 0) is 37.6 Å². The Balaban J connectivity index is 2.07. The number of aryl methyl sites for hydroxylation is 1. The maximum absolute atomic E-state index is 14.9. The van der Waals surface area contributed by atoms with Crippen molar-refractivity contribution in [1.29, 1.82) is 0 Å². The number of halogens is 2. The van der Waals surface area contributed by atoms with Crippen LogP contribution in [0.5, 0.6) is 0 Å². The molecule has 4 aromatic rings. The van der Waals surface area contributed by atoms with Crippen LogP contribution in [-0.4, -0.2) is 10.4 Å². The lowest BCUT2D eigenvalue weighted by molar-refractivity contribution is 0.0974. The third-order valence-electron chi connectivity index (χ3n) is 5.39. The summed E-state index contributed by atoms with van der Waals surface area (Å²) in [6.07, 6.45) is 1.02. The Hall–Kier alpha value is -3.27. The maximum atomic E-state index is 14.9. The normalized spacial score (nSPS) is 11.2. The van der Waals surface area contributed by atoms with Gasteiger partial charge in [0.05, 0.1) is 12.2 Å². The second kappa shape index (κ2) is 8.23. The molecular weight excluding hydrogens is 380 g/mol. The lowest BCUT2D eigenvalue weighted by Gasteiger charge is -2.13. The Morgan fingerprint density at radius 1 is 0.933 bits per heavy atom. The highest BCUT2D eigenvalue weighted by molar-refractivity contribution is 6.11. The largest absolute Gasteiger partial charge is 0.333 e. The van der Waals surface area contributed by atoms with Crippen LogP contribution in [0.1, 0.15) is 41.4 Å². The Kier molecular flexibility index (Phi) is 5.49. The topological polar surface area (TPSA) is 22.0 Å². The summed E-state index contributed by atoms with van der Waals surface area (Å²) < 4.78 is 31.1. The van der Waals surface area contributed by atoms with Crippen LogP contribution in [0.25, 0.3) is 22.0 Å². The third kappa shape index (κ3) is 3.54. The number of carbonyl (C=O) groups excluding carboxylic acids is 1. The van der Waals surface area contributed by atoms with E-state index >= 15 is 0 Å². The molecule has 0 unspecified atom stereocenters. The van der Waals surface area contributed by atoms with Gasteiger partial charge in [0.1, 0.15) is 11.6 Å². The van der Waals surface area contributed by atoms with Crippen molar-refractivity contribution in [3.63, 3.8) is 0 Å². The molecule has 0 amide bonds. The van der Waals surface area contributed by atoms with Crippen molar-refractivity contribution < 1.29 is 13.6 Å². The minimum atomic E-state index is -0.380. The van der Waals surface area contributed by atoms with Crippen LogP contribution < -0.4 is 0 Å². The van der Waals surface area contributed by atoms with Crippen molar-refractivity contribution in [1.82, 2.24) is 4.57 Å². The summed E-state index contributed by atoms with van der Waals surface area (Å²) in [6.45, 7) is 4.10. The van der Waals surface area contributed by atoms with Gasteiger partial charge in [0.15, 0.2) is 5.78 Å². The van der Waals surface area contributed by atoms with Crippen LogP contribution in [0.3, 0.4) is 0 Å². The van der Waals surface area contributed by atoms with Gasteiger partial charge in [-0.2, -0.15) is 0 Å². The first-order valence-corrected chi connectivity index (χ1v) is 10.2. The van der Waals surface area contributed by atoms with E-state index < -0.39 is 0 Å². The molecule has 3 aromatic carbocycles. The molecule has 0 spiro atoms. The summed E-state index contributed by atoms with van der Waals surface area (Å²) in [4.78, 5) is 13.3. The summed E-state index contributed by atoms with van der Waals surface area (Å²) >= 11 is 0. The Labute approximate surface area is 174 Å². The lowest BCUT2D eigenvalue weighted by atomic mass is 9.97. The van der Waals surface area contributed by atoms with Gasteiger partial charge in [0.2, 0.25) is 0 Å². The fourth-order valence-electron chi connectivity index (χ4n) is 4.00. The summed E-state index contributed by atoms with van der Waals surface area (Å²) in [5.74, 6) is -0.775. The van der Waals surface area contributed by atoms with Crippen molar-refractivity contribution in [2.45, 2.75) is 33.2 Å². The minimum absolute atomic E-state index is 0.0686. The number of Topliss-reactive ketones (excluding diaryl/α,β-unsaturated/α-hetero) is 1. The first kappa shape index (κ1) is 20.0. The average Bonchev–Trinajstić information content (AvgIpc) is 3.03. The van der Waals surface area contributed by atoms with Crippen LogP contribution >= 0.6 is 0 Å². The van der Waals surface area contributed by atoms with Crippen molar-refractivity contribution in [3.05, 3.63) is 95.2 Å². The molecule has 0 aliphatic heterocycles. The van der Waals surface area contributed by atoms with Gasteiger partial charge < -0.3 is 4.57 Å². The Morgan fingerprint density at radius 2 is 1.63 bits per heavy atom. The number of benzene rings is 3. The Morgan fingerprint density at radius 3 is 2.33 bits per heavy atom. The standard InChI is InChI=1S/C26H23F2NO/c1-3-8-24(30)26-25(19-10-5-7-12-22(19)28)20-15-17(2)13-14-23(20)29(26)16-18-9-4-6-11-21(18)27/h4-7,9-15H,3,8,16H2,1-2H3. The highest BCUT2D eigenvalue weighted by atomic mass is 19.1. The smallest absolute Gasteiger partial charge is 0.179 e. The molecule has 152 valence electrons. The molecule has 4 rings (SSSR count). The number of rotatable bonds is 6. The van der Waals surface area contributed by atoms with E-state index in [9.17, 15) is 13.6 Å². The lowest BCUT2D eigenvalue weighted by Crippen LogP contribution is -2.12. The van der Waals surface area contributed by atoms with Gasteiger partial charge in [-0.25, -0.2) is 8.78 Å². The molecule has 0 radical (unpaired) electrons. The molecule has 1 aromatic heterocycles. The summed E-state index contributed by atoms with van der Waals surface area (Å²) in [6, 6.07) is 18.9. The number of hydrogen-bond acceptors (Lipinski definition) is 1. The highest BCUT2D eigenvalue weighted by Crippen LogP contribution is 2.38. The van der Waals surface area contributed by atoms with E-state index in [2.05, 4.69) is 0 Å². The van der Waals surface area contributed by atoms with Gasteiger partial charge in [-0.3, -0.25) is 4.79 Å². The summed E-state index contributed by atoms with van der Waals surface area (Å²) in [5, 5.41) is 0.802. The molecule has 0 N–H and O–H groups in total. The van der Waals surface area contributed by atoms with Crippen molar-refractivity contribution in [3.8, 4) is 11.1 Å². The van der Waals surface area contributed by atoms with Gasteiger partial charge in [0, 0.05) is 34.0 Å². The summed E-state index contributed by atoms with van der Waals surface area (Å²) in [7, 11) is 0. The maximum Gasteiger partial charge on any atom is 0.179 e. The van der Waals surface area contributed by atoms with Gasteiger partial charge in [-0.15, -0.1) is 0 Å². The number of carbonyl (C=O) groups is 1. The zero-order chi connectivity index (χ0) is 21.3. The van der Waals surface area contributed by atoms with E-state index in [-0.39, 0.29) is 24.0 Å². The quantitative estimate of drug-likeness (QED) is 0.320. The van der Waals surface area contributed by atoms with E-state index in [1.54, 1.807) is 36.4 Å². The van der Waals surface area contributed by atoms with Crippen LogP contribution in [0, 0.1) is 18.6 Å². The zero-order valence-electron chi connectivity index (χ0n) is 17.1. The van der Waals surface area contributed by atoms with E-state index in [1.165, 1.54) is 12.1 Å². The van der Waals surface area contributed by atoms with E-state index in [1.807, 2.05) is 36.6 Å². The van der Waals surface area contributed by atoms with Gasteiger partial charge >= 0.3 is 0 Å². The van der Waals surface area contributed by atoms with E-state index in [0.29, 0.717) is 35.2 Å². The first-order chi connectivity index (χ1) is 14.5. The predicted octanol–water partition coefficient (Wildman–Crippen LogP) is 6.93. The highest BCUT2D eigenvalue weighted by Gasteiger charge is 2.25. The van der Waals surface area contributed by atoms with Crippen LogP contribution in [0.15, 0.2) is 66.7 Å². The van der Waals surface area contributed by atoms with Crippen molar-refractivity contribution in [2.24, 2.45) is 0 Å². The van der Waals surface area contributed by atoms with Crippen LogP contribution in [-0.2, 0) is 6.54 Å². The molecular formula is C26H23F2NO. The second-order valence-corrected chi connectivity index (χ2v) is 7.57. The molecule has 30 heavy (non-hydrogen) atoms. The number of aromatic nitrogens is 1. The fourth-order valence-corrected chi connectivity index (χ4v) is 4.00. The van der Waals surface area contributed by atoms with Gasteiger partial charge in [0.25, 0.3) is 0 Å². The van der Waals surface area contributed by atoms with Crippen molar-refractivity contribution >= 4 is 16.7 Å². The monoisotopic (exact) mass is 403 g/mol. The molecule has 0 aliphatic carbocycles. The molecule has 4 heteroatoms. The molecule has 1 heterocycles. The minimum Gasteiger partial charge on any atom is -0.333 e. The van der Waals surface area contributed by atoms with Crippen molar-refractivity contribution in [2.75, 3.05) is 0 Å². The second-order valence-electron chi connectivity index (χ2n) is 7.57. The first-order valence-electron chi connectivity index (χ1n) is 10.2.